The van der Waals surface area contributed by atoms with Gasteiger partial charge in [-0.25, -0.2) is 0 Å². The molecule has 5 nitrogen and oxygen atoms in total. The molecule has 0 radical (unpaired) electrons. The normalized spacial score (nSPS) is 14.5. The molecule has 0 aromatic heterocycles. The minimum atomic E-state index is -0.320. The highest BCUT2D eigenvalue weighted by molar-refractivity contribution is 14.1. The Hall–Kier alpha value is -2.72. The largest absolute Gasteiger partial charge is 0.493 e. The zero-order valence-corrected chi connectivity index (χ0v) is 24.5. The average Bonchev–Trinajstić information content (AvgIpc) is 3.16. The van der Waals surface area contributed by atoms with Gasteiger partial charge in [-0.2, -0.15) is 0 Å². The molecule has 0 spiro atoms. The van der Waals surface area contributed by atoms with Crippen molar-refractivity contribution in [2.24, 2.45) is 0 Å². The average molecular weight is 676 g/mol. The molecule has 9 heteroatoms. The molecule has 5 rings (SSSR count). The number of hydrogen-bond acceptors (Lipinski definition) is 5. The number of carbonyl (C=O) groups is 2. The van der Waals surface area contributed by atoms with Crippen LogP contribution >= 0.6 is 57.6 Å². The summed E-state index contributed by atoms with van der Waals surface area (Å²) in [5.74, 6) is 0.739. The van der Waals surface area contributed by atoms with Crippen LogP contribution in [0.5, 0.6) is 11.5 Å². The Morgan fingerprint density at radius 3 is 2.55 bits per heavy atom. The Morgan fingerprint density at radius 2 is 1.76 bits per heavy atom. The van der Waals surface area contributed by atoms with Crippen LogP contribution in [0.25, 0.3) is 16.8 Å². The predicted octanol–water partition coefficient (Wildman–Crippen LogP) is 8.58. The molecule has 0 aliphatic carbocycles. The van der Waals surface area contributed by atoms with Crippen LogP contribution in [0.15, 0.2) is 77.7 Å². The van der Waals surface area contributed by atoms with Gasteiger partial charge < -0.3 is 9.47 Å². The van der Waals surface area contributed by atoms with Crippen molar-refractivity contribution in [3.8, 4) is 11.5 Å². The number of hydrogen-bond donors (Lipinski definition) is 0. The summed E-state index contributed by atoms with van der Waals surface area (Å²) >= 11 is 15.4. The zero-order valence-electron chi connectivity index (χ0n) is 20.0. The van der Waals surface area contributed by atoms with Gasteiger partial charge >= 0.3 is 0 Å². The molecule has 0 unspecified atom stereocenters. The Kier molecular flexibility index (Phi) is 8.18. The molecule has 4 aromatic carbocycles. The number of nitrogens with zero attached hydrogens (tertiary/aromatic N) is 1. The maximum absolute atomic E-state index is 13.2. The smallest absolute Gasteiger partial charge is 0.293 e. The van der Waals surface area contributed by atoms with Gasteiger partial charge in [0.15, 0.2) is 11.5 Å². The molecular weight excluding hydrogens is 656 g/mol. The van der Waals surface area contributed by atoms with Gasteiger partial charge in [0.2, 0.25) is 0 Å². The van der Waals surface area contributed by atoms with E-state index in [0.717, 1.165) is 42.8 Å². The van der Waals surface area contributed by atoms with Crippen LogP contribution in [0.3, 0.4) is 0 Å². The Balaban J connectivity index is 1.37. The number of amides is 2. The Labute approximate surface area is 247 Å². The third kappa shape index (κ3) is 5.66. The SMILES string of the molecule is COc1cc(/C=C2/SC(=O)N(Cc3cccc4ccccc34)C2=O)cc(I)c1OCc1ccc(Cl)cc1Cl. The first kappa shape index (κ1) is 26.9. The van der Waals surface area contributed by atoms with Gasteiger partial charge in [0.25, 0.3) is 11.1 Å². The molecule has 1 aliphatic rings. The van der Waals surface area contributed by atoms with Gasteiger partial charge in [-0.3, -0.25) is 14.5 Å². The number of imide groups is 1. The maximum Gasteiger partial charge on any atom is 0.293 e. The number of fused-ring (bicyclic) bond motifs is 1. The van der Waals surface area contributed by atoms with E-state index in [9.17, 15) is 9.59 Å². The molecule has 38 heavy (non-hydrogen) atoms. The summed E-state index contributed by atoms with van der Waals surface area (Å²) in [5, 5.41) is 2.86. The van der Waals surface area contributed by atoms with Gasteiger partial charge in [0, 0.05) is 15.6 Å². The summed E-state index contributed by atoms with van der Waals surface area (Å²) in [6.07, 6.45) is 1.71. The van der Waals surface area contributed by atoms with Crippen LogP contribution in [-0.2, 0) is 17.9 Å². The number of methoxy groups -OCH3 is 1. The third-order valence-electron chi connectivity index (χ3n) is 6.02. The number of ether oxygens (including phenoxy) is 2. The Bertz CT molecular complexity index is 1600. The van der Waals surface area contributed by atoms with Crippen molar-refractivity contribution < 1.29 is 19.1 Å². The molecular formula is C29H20Cl2INO4S. The molecule has 2 amide bonds. The van der Waals surface area contributed by atoms with Crippen molar-refractivity contribution in [1.29, 1.82) is 0 Å². The summed E-state index contributed by atoms with van der Waals surface area (Å²) in [5.41, 5.74) is 2.43. The number of benzene rings is 4. The van der Waals surface area contributed by atoms with Gasteiger partial charge in [0.1, 0.15) is 6.61 Å². The summed E-state index contributed by atoms with van der Waals surface area (Å²) in [6.45, 7) is 0.443. The van der Waals surface area contributed by atoms with E-state index in [1.165, 1.54) is 4.90 Å². The topological polar surface area (TPSA) is 55.8 Å². The molecule has 0 bridgehead atoms. The number of carbonyl (C=O) groups excluding carboxylic acids is 2. The standard InChI is InChI=1S/C29H20Cl2INO4S/c1-36-25-12-17(11-24(32)27(25)37-16-20-9-10-21(30)14-23(20)31)13-26-28(34)33(29(35)38-26)15-19-7-4-6-18-5-2-3-8-22(18)19/h2-14H,15-16H2,1H3/b26-13+. The van der Waals surface area contributed by atoms with Crippen LogP contribution < -0.4 is 9.47 Å². The number of rotatable bonds is 7. The summed E-state index contributed by atoms with van der Waals surface area (Å²) in [7, 11) is 1.55. The highest BCUT2D eigenvalue weighted by atomic mass is 127. The van der Waals surface area contributed by atoms with Crippen LogP contribution in [0.2, 0.25) is 10.0 Å². The van der Waals surface area contributed by atoms with E-state index >= 15 is 0 Å². The van der Waals surface area contributed by atoms with Crippen molar-refractivity contribution in [3.05, 3.63) is 108 Å². The second-order valence-electron chi connectivity index (χ2n) is 8.46. The molecule has 192 valence electrons. The molecule has 1 aliphatic heterocycles. The zero-order chi connectivity index (χ0) is 26.8. The molecule has 0 N–H and O–H groups in total. The number of halogens is 3. The first-order valence-corrected chi connectivity index (χ1v) is 14.2. The lowest BCUT2D eigenvalue weighted by Gasteiger charge is -2.15. The predicted molar refractivity (Wildman–Crippen MR) is 162 cm³/mol. The van der Waals surface area contributed by atoms with Crippen LogP contribution in [0.4, 0.5) is 4.79 Å². The number of thioether (sulfide) groups is 1. The quantitative estimate of drug-likeness (QED) is 0.145. The lowest BCUT2D eigenvalue weighted by Crippen LogP contribution is -2.27. The first-order valence-electron chi connectivity index (χ1n) is 11.5. The summed E-state index contributed by atoms with van der Waals surface area (Å²) < 4.78 is 12.4. The highest BCUT2D eigenvalue weighted by Crippen LogP contribution is 2.38. The van der Waals surface area contributed by atoms with Crippen molar-refractivity contribution in [1.82, 2.24) is 4.90 Å². The van der Waals surface area contributed by atoms with Crippen molar-refractivity contribution in [2.75, 3.05) is 7.11 Å². The van der Waals surface area contributed by atoms with E-state index in [4.69, 9.17) is 32.7 Å². The lowest BCUT2D eigenvalue weighted by molar-refractivity contribution is -0.123. The molecule has 1 heterocycles. The Morgan fingerprint density at radius 1 is 0.974 bits per heavy atom. The molecule has 4 aromatic rings. The molecule has 1 saturated heterocycles. The highest BCUT2D eigenvalue weighted by Gasteiger charge is 2.35. The fraction of sp³-hybridized carbons (Fsp3) is 0.103. The maximum atomic E-state index is 13.2. The van der Waals surface area contributed by atoms with Gasteiger partial charge in [-0.15, -0.1) is 0 Å². The summed E-state index contributed by atoms with van der Waals surface area (Å²) in [4.78, 5) is 27.7. The van der Waals surface area contributed by atoms with E-state index in [2.05, 4.69) is 22.6 Å². The van der Waals surface area contributed by atoms with E-state index in [1.807, 2.05) is 54.6 Å². The van der Waals surface area contributed by atoms with Crippen LogP contribution in [0.1, 0.15) is 16.7 Å². The van der Waals surface area contributed by atoms with Crippen LogP contribution in [0, 0.1) is 3.57 Å². The fourth-order valence-corrected chi connectivity index (χ4v) is 6.22. The van der Waals surface area contributed by atoms with Crippen molar-refractivity contribution in [2.45, 2.75) is 13.2 Å². The second kappa shape index (κ2) is 11.6. The minimum Gasteiger partial charge on any atom is -0.493 e. The molecule has 0 atom stereocenters. The van der Waals surface area contributed by atoms with Crippen molar-refractivity contribution in [3.63, 3.8) is 0 Å². The van der Waals surface area contributed by atoms with Gasteiger partial charge in [-0.05, 0) is 86.6 Å². The molecule has 1 fully saturated rings. The monoisotopic (exact) mass is 675 g/mol. The fourth-order valence-electron chi connectivity index (χ4n) is 4.14. The summed E-state index contributed by atoms with van der Waals surface area (Å²) in [6, 6.07) is 22.7. The third-order valence-corrected chi connectivity index (χ3v) is 8.31. The van der Waals surface area contributed by atoms with E-state index in [-0.39, 0.29) is 24.3 Å². The first-order chi connectivity index (χ1) is 18.3. The van der Waals surface area contributed by atoms with E-state index in [1.54, 1.807) is 31.4 Å². The van der Waals surface area contributed by atoms with E-state index in [0.29, 0.717) is 26.4 Å². The lowest BCUT2D eigenvalue weighted by atomic mass is 10.0. The van der Waals surface area contributed by atoms with E-state index < -0.39 is 0 Å². The van der Waals surface area contributed by atoms with Crippen molar-refractivity contribution >= 4 is 85.5 Å². The van der Waals surface area contributed by atoms with Crippen LogP contribution in [-0.4, -0.2) is 23.2 Å². The molecule has 0 saturated carbocycles. The minimum absolute atomic E-state index is 0.213. The second-order valence-corrected chi connectivity index (χ2v) is 11.5. The van der Waals surface area contributed by atoms with Gasteiger partial charge in [-0.1, -0.05) is 71.7 Å². The van der Waals surface area contributed by atoms with Gasteiger partial charge in [0.05, 0.1) is 22.1 Å².